The molecule has 0 bridgehead atoms. The van der Waals surface area contributed by atoms with Gasteiger partial charge in [-0.05, 0) is 0 Å². The van der Waals surface area contributed by atoms with E-state index in [0.29, 0.717) is 16.5 Å². The van der Waals surface area contributed by atoms with Crippen molar-refractivity contribution in [2.24, 2.45) is 7.05 Å². The second-order valence-corrected chi connectivity index (χ2v) is 3.90. The van der Waals surface area contributed by atoms with Crippen LogP contribution in [0, 0.1) is 0 Å². The van der Waals surface area contributed by atoms with Gasteiger partial charge in [0.15, 0.2) is 10.8 Å². The minimum Gasteiger partial charge on any atom is -0.366 e. The molecule has 17 heavy (non-hydrogen) atoms. The molecule has 0 aliphatic rings. The van der Waals surface area contributed by atoms with Crippen molar-refractivity contribution in [1.82, 2.24) is 29.4 Å². The number of rotatable bonds is 1. The van der Waals surface area contributed by atoms with E-state index < -0.39 is 0 Å². The number of hydrogen-bond donors (Lipinski definition) is 1. The van der Waals surface area contributed by atoms with Crippen LogP contribution in [0.1, 0.15) is 0 Å². The van der Waals surface area contributed by atoms with Gasteiger partial charge in [0.05, 0.1) is 12.4 Å². The van der Waals surface area contributed by atoms with Crippen LogP contribution in [0.25, 0.3) is 16.9 Å². The van der Waals surface area contributed by atoms with Crippen LogP contribution in [0.15, 0.2) is 18.6 Å². The maximum Gasteiger partial charge on any atom is 0.240 e. The first-order valence-electron chi connectivity index (χ1n) is 4.81. The Morgan fingerprint density at radius 2 is 2.18 bits per heavy atom. The first-order valence-corrected chi connectivity index (χ1v) is 5.19. The van der Waals surface area contributed by atoms with Crippen molar-refractivity contribution in [1.29, 1.82) is 0 Å². The topological polar surface area (TPSA) is 86.9 Å². The summed E-state index contributed by atoms with van der Waals surface area (Å²) in [5.74, 6) is 0.164. The summed E-state index contributed by atoms with van der Waals surface area (Å²) >= 11 is 6.20. The summed E-state index contributed by atoms with van der Waals surface area (Å²) in [6.07, 6.45) is 5.07. The van der Waals surface area contributed by atoms with Crippen LogP contribution < -0.4 is 5.73 Å². The summed E-state index contributed by atoms with van der Waals surface area (Å²) < 4.78 is 3.12. The maximum atomic E-state index is 6.20. The highest BCUT2D eigenvalue weighted by molar-refractivity contribution is 6.32. The summed E-state index contributed by atoms with van der Waals surface area (Å²) in [6.45, 7) is 0. The van der Waals surface area contributed by atoms with Gasteiger partial charge in [-0.1, -0.05) is 11.6 Å². The molecule has 2 N–H and O–H groups in total. The summed E-state index contributed by atoms with van der Waals surface area (Å²) in [7, 11) is 1.82. The minimum atomic E-state index is 0.164. The first kappa shape index (κ1) is 10.0. The minimum absolute atomic E-state index is 0.164. The van der Waals surface area contributed by atoms with Crippen LogP contribution in [0.5, 0.6) is 0 Å². The molecule has 8 heteroatoms. The van der Waals surface area contributed by atoms with Gasteiger partial charge < -0.3 is 5.73 Å². The molecule has 0 unspecified atom stereocenters. The number of halogens is 1. The van der Waals surface area contributed by atoms with Crippen LogP contribution in [0.3, 0.4) is 0 Å². The molecule has 0 aromatic carbocycles. The molecular weight excluding hydrogens is 242 g/mol. The Bertz CT molecular complexity index is 699. The molecule has 3 rings (SSSR count). The van der Waals surface area contributed by atoms with E-state index in [-0.39, 0.29) is 5.95 Å². The molecule has 7 nitrogen and oxygen atoms in total. The van der Waals surface area contributed by atoms with E-state index in [9.17, 15) is 0 Å². The van der Waals surface area contributed by atoms with Crippen molar-refractivity contribution < 1.29 is 0 Å². The van der Waals surface area contributed by atoms with Crippen LogP contribution in [0.4, 0.5) is 5.95 Å². The number of hydrogen-bond acceptors (Lipinski definition) is 5. The third-order valence-corrected chi connectivity index (χ3v) is 2.66. The van der Waals surface area contributed by atoms with Gasteiger partial charge in [-0.3, -0.25) is 4.68 Å². The van der Waals surface area contributed by atoms with E-state index in [1.54, 1.807) is 17.1 Å². The normalized spacial score (nSPS) is 11.2. The number of nitrogens with two attached hydrogens (primary N) is 1. The van der Waals surface area contributed by atoms with Gasteiger partial charge in [-0.15, -0.1) is 5.10 Å². The SMILES string of the molecule is Cn1cc(-c2ncc3nc(N)nn3c2Cl)cn1. The first-order chi connectivity index (χ1) is 8.15. The molecule has 3 aromatic heterocycles. The molecule has 0 spiro atoms. The van der Waals surface area contributed by atoms with Crippen LogP contribution in [-0.4, -0.2) is 29.4 Å². The van der Waals surface area contributed by atoms with Crippen LogP contribution >= 0.6 is 11.6 Å². The third-order valence-electron chi connectivity index (χ3n) is 2.32. The summed E-state index contributed by atoms with van der Waals surface area (Å²) in [5.41, 5.74) is 7.43. The fourth-order valence-electron chi connectivity index (χ4n) is 1.58. The molecule has 86 valence electrons. The lowest BCUT2D eigenvalue weighted by Crippen LogP contribution is -1.95. The lowest BCUT2D eigenvalue weighted by atomic mass is 10.3. The van der Waals surface area contributed by atoms with E-state index in [0.717, 1.165) is 5.56 Å². The number of aromatic nitrogens is 6. The standard InChI is InChI=1S/C9H8ClN7/c1-16-4-5(2-13-16)7-8(10)17-6(3-12-7)14-9(11)15-17/h2-4H,1H3,(H2,11,15). The highest BCUT2D eigenvalue weighted by Gasteiger charge is 2.13. The molecule has 0 fully saturated rings. The Kier molecular flexibility index (Phi) is 2.02. The van der Waals surface area contributed by atoms with E-state index in [2.05, 4.69) is 20.2 Å². The number of aryl methyl sites for hydroxylation is 1. The molecule has 0 amide bonds. The van der Waals surface area contributed by atoms with Crippen LogP contribution in [0.2, 0.25) is 5.15 Å². The average molecular weight is 250 g/mol. The van der Waals surface area contributed by atoms with E-state index in [4.69, 9.17) is 17.3 Å². The zero-order valence-corrected chi connectivity index (χ0v) is 9.63. The number of anilines is 1. The third kappa shape index (κ3) is 1.51. The van der Waals surface area contributed by atoms with Crippen molar-refractivity contribution in [3.8, 4) is 11.3 Å². The second-order valence-electron chi connectivity index (χ2n) is 3.54. The van der Waals surface area contributed by atoms with Gasteiger partial charge in [-0.25, -0.2) is 4.98 Å². The van der Waals surface area contributed by atoms with Gasteiger partial charge in [0, 0.05) is 18.8 Å². The maximum absolute atomic E-state index is 6.20. The van der Waals surface area contributed by atoms with Crippen molar-refractivity contribution in [2.75, 3.05) is 5.73 Å². The zero-order valence-electron chi connectivity index (χ0n) is 8.87. The van der Waals surface area contributed by atoms with Gasteiger partial charge >= 0.3 is 0 Å². The molecular formula is C9H8ClN7. The summed E-state index contributed by atoms with van der Waals surface area (Å²) in [4.78, 5) is 8.21. The zero-order chi connectivity index (χ0) is 12.0. The Morgan fingerprint density at radius 3 is 2.88 bits per heavy atom. The largest absolute Gasteiger partial charge is 0.366 e. The molecule has 0 atom stereocenters. The van der Waals surface area contributed by atoms with Gasteiger partial charge in [0.25, 0.3) is 0 Å². The molecule has 0 aliphatic carbocycles. The average Bonchev–Trinajstić information content (AvgIpc) is 2.85. The fourth-order valence-corrected chi connectivity index (χ4v) is 1.86. The lowest BCUT2D eigenvalue weighted by molar-refractivity contribution is 0.768. The van der Waals surface area contributed by atoms with E-state index in [1.807, 2.05) is 13.2 Å². The van der Waals surface area contributed by atoms with Gasteiger partial charge in [0.2, 0.25) is 5.95 Å². The van der Waals surface area contributed by atoms with Crippen molar-refractivity contribution in [3.63, 3.8) is 0 Å². The van der Waals surface area contributed by atoms with Crippen molar-refractivity contribution in [2.45, 2.75) is 0 Å². The fraction of sp³-hybridized carbons (Fsp3) is 0.111. The molecule has 0 saturated carbocycles. The summed E-state index contributed by atoms with van der Waals surface area (Å²) in [5, 5.41) is 8.42. The number of fused-ring (bicyclic) bond motifs is 1. The smallest absolute Gasteiger partial charge is 0.240 e. The molecule has 3 heterocycles. The molecule has 0 saturated heterocycles. The number of nitrogen functional groups attached to an aromatic ring is 1. The van der Waals surface area contributed by atoms with Gasteiger partial charge in [0.1, 0.15) is 5.69 Å². The van der Waals surface area contributed by atoms with Gasteiger partial charge in [-0.2, -0.15) is 14.6 Å². The highest BCUT2D eigenvalue weighted by Crippen LogP contribution is 2.25. The Balaban J connectivity index is 2.27. The quantitative estimate of drug-likeness (QED) is 0.688. The number of nitrogens with zero attached hydrogens (tertiary/aromatic N) is 6. The molecule has 0 aliphatic heterocycles. The lowest BCUT2D eigenvalue weighted by Gasteiger charge is -2.01. The van der Waals surface area contributed by atoms with Crippen molar-refractivity contribution >= 4 is 23.2 Å². The Labute approximate surface area is 101 Å². The predicted octanol–water partition coefficient (Wildman–Crippen LogP) is 0.760. The van der Waals surface area contributed by atoms with E-state index in [1.165, 1.54) is 4.52 Å². The molecule has 3 aromatic rings. The molecule has 0 radical (unpaired) electrons. The van der Waals surface area contributed by atoms with Crippen molar-refractivity contribution in [3.05, 3.63) is 23.7 Å². The van der Waals surface area contributed by atoms with E-state index >= 15 is 0 Å². The summed E-state index contributed by atoms with van der Waals surface area (Å²) in [6, 6.07) is 0. The predicted molar refractivity (Wildman–Crippen MR) is 62.4 cm³/mol. The highest BCUT2D eigenvalue weighted by atomic mass is 35.5. The Morgan fingerprint density at radius 1 is 1.35 bits per heavy atom. The van der Waals surface area contributed by atoms with Crippen LogP contribution in [-0.2, 0) is 7.05 Å². The second kappa shape index (κ2) is 3.42. The Hall–Kier alpha value is -2.15. The monoisotopic (exact) mass is 249 g/mol.